The number of thioether (sulfide) groups is 1. The minimum Gasteiger partial charge on any atom is -0.478 e. The van der Waals surface area contributed by atoms with E-state index in [1.807, 2.05) is 0 Å². The number of carbonyl (C=O) groups is 1. The van der Waals surface area contributed by atoms with Gasteiger partial charge in [0.2, 0.25) is 0 Å². The fourth-order valence-corrected chi connectivity index (χ4v) is 2.20. The molecule has 0 aromatic heterocycles. The summed E-state index contributed by atoms with van der Waals surface area (Å²) in [7, 11) is 0. The fourth-order valence-electron chi connectivity index (χ4n) is 1.19. The number of aromatic carboxylic acids is 1. The predicted molar refractivity (Wildman–Crippen MR) is 53.8 cm³/mol. The highest BCUT2D eigenvalue weighted by Gasteiger charge is 2.21. The highest BCUT2D eigenvalue weighted by atomic mass is 32.2. The molecule has 1 N–H and O–H groups in total. The Kier molecular flexibility index (Phi) is 2.93. The van der Waals surface area contributed by atoms with E-state index in [0.29, 0.717) is 18.1 Å². The molecule has 0 spiro atoms. The summed E-state index contributed by atoms with van der Waals surface area (Å²) in [5.41, 5.74) is -0.0262. The number of carboxylic acids is 1. The molecule has 15 heavy (non-hydrogen) atoms. The Morgan fingerprint density at radius 2 is 2.27 bits per heavy atom. The number of benzene rings is 1. The molecule has 0 amide bonds. The third-order valence-electron chi connectivity index (χ3n) is 2.08. The number of hydrogen-bond acceptors (Lipinski definition) is 3. The Morgan fingerprint density at radius 3 is 2.73 bits per heavy atom. The van der Waals surface area contributed by atoms with Gasteiger partial charge < -0.3 is 9.84 Å². The molecule has 80 valence electrons. The molecule has 1 saturated heterocycles. The monoisotopic (exact) mass is 228 g/mol. The van der Waals surface area contributed by atoms with Crippen molar-refractivity contribution in [2.24, 2.45) is 0 Å². The summed E-state index contributed by atoms with van der Waals surface area (Å²) in [4.78, 5) is 11.0. The van der Waals surface area contributed by atoms with Gasteiger partial charge >= 0.3 is 5.97 Å². The van der Waals surface area contributed by atoms with Gasteiger partial charge in [-0.15, -0.1) is 11.8 Å². The van der Waals surface area contributed by atoms with Crippen molar-refractivity contribution >= 4 is 17.7 Å². The molecular formula is C10H9FO3S. The van der Waals surface area contributed by atoms with Crippen molar-refractivity contribution in [3.05, 3.63) is 29.6 Å². The van der Waals surface area contributed by atoms with E-state index in [4.69, 9.17) is 9.84 Å². The van der Waals surface area contributed by atoms with E-state index < -0.39 is 11.8 Å². The van der Waals surface area contributed by atoms with Gasteiger partial charge in [-0.1, -0.05) is 0 Å². The lowest BCUT2D eigenvalue weighted by molar-refractivity contribution is 0.0455. The molecule has 1 fully saturated rings. The van der Waals surface area contributed by atoms with E-state index in [2.05, 4.69) is 0 Å². The van der Waals surface area contributed by atoms with E-state index in [1.165, 1.54) is 23.9 Å². The van der Waals surface area contributed by atoms with E-state index >= 15 is 0 Å². The highest BCUT2D eigenvalue weighted by Crippen LogP contribution is 2.30. The minimum absolute atomic E-state index is 0.0262. The molecule has 1 aliphatic rings. The summed E-state index contributed by atoms with van der Waals surface area (Å²) >= 11 is 1.38. The van der Waals surface area contributed by atoms with Gasteiger partial charge in [-0.3, -0.25) is 0 Å². The quantitative estimate of drug-likeness (QED) is 0.859. The van der Waals surface area contributed by atoms with E-state index in [1.54, 1.807) is 0 Å². The fraction of sp³-hybridized carbons (Fsp3) is 0.300. The van der Waals surface area contributed by atoms with Gasteiger partial charge in [0.1, 0.15) is 5.82 Å². The lowest BCUT2D eigenvalue weighted by Gasteiger charge is -2.25. The second-order valence-electron chi connectivity index (χ2n) is 3.23. The van der Waals surface area contributed by atoms with E-state index in [-0.39, 0.29) is 10.8 Å². The first-order valence-electron chi connectivity index (χ1n) is 4.44. The smallest absolute Gasteiger partial charge is 0.335 e. The maximum Gasteiger partial charge on any atom is 0.335 e. The summed E-state index contributed by atoms with van der Waals surface area (Å²) in [6, 6.07) is 3.96. The van der Waals surface area contributed by atoms with Gasteiger partial charge in [-0.2, -0.15) is 0 Å². The lowest BCUT2D eigenvalue weighted by atomic mass is 10.2. The molecule has 5 heteroatoms. The lowest BCUT2D eigenvalue weighted by Crippen LogP contribution is -2.30. The summed E-state index contributed by atoms with van der Waals surface area (Å²) < 4.78 is 18.4. The van der Waals surface area contributed by atoms with Crippen molar-refractivity contribution in [2.75, 3.05) is 13.2 Å². The highest BCUT2D eigenvalue weighted by molar-refractivity contribution is 8.00. The molecule has 0 unspecified atom stereocenters. The Morgan fingerprint density at radius 1 is 1.53 bits per heavy atom. The van der Waals surface area contributed by atoms with Gasteiger partial charge in [0.15, 0.2) is 0 Å². The molecular weight excluding hydrogens is 219 g/mol. The average molecular weight is 228 g/mol. The van der Waals surface area contributed by atoms with Gasteiger partial charge in [0.25, 0.3) is 0 Å². The molecule has 1 aromatic carbocycles. The first kappa shape index (κ1) is 10.4. The number of halogens is 1. The molecule has 2 rings (SSSR count). The van der Waals surface area contributed by atoms with Crippen molar-refractivity contribution in [1.82, 2.24) is 0 Å². The Bertz CT molecular complexity index is 390. The van der Waals surface area contributed by atoms with Crippen LogP contribution in [0.4, 0.5) is 4.39 Å². The van der Waals surface area contributed by atoms with Gasteiger partial charge in [-0.05, 0) is 18.2 Å². The van der Waals surface area contributed by atoms with Crippen LogP contribution in [0.25, 0.3) is 0 Å². The summed E-state index contributed by atoms with van der Waals surface area (Å²) in [5, 5.41) is 8.93. The SMILES string of the molecule is O=C(O)c1ccc(SC2COC2)c(F)c1. The molecule has 0 radical (unpaired) electrons. The van der Waals surface area contributed by atoms with Crippen LogP contribution in [-0.4, -0.2) is 29.5 Å². The van der Waals surface area contributed by atoms with Crippen LogP contribution in [0.2, 0.25) is 0 Å². The van der Waals surface area contributed by atoms with Crippen molar-refractivity contribution in [3.63, 3.8) is 0 Å². The van der Waals surface area contributed by atoms with Gasteiger partial charge in [-0.25, -0.2) is 9.18 Å². The van der Waals surface area contributed by atoms with Crippen molar-refractivity contribution < 1.29 is 19.0 Å². The predicted octanol–water partition coefficient (Wildman–Crippen LogP) is 2.01. The molecule has 0 atom stereocenters. The van der Waals surface area contributed by atoms with Crippen LogP contribution in [0.3, 0.4) is 0 Å². The van der Waals surface area contributed by atoms with Crippen LogP contribution in [-0.2, 0) is 4.74 Å². The molecule has 1 heterocycles. The standard InChI is InChI=1S/C10H9FO3S/c11-8-3-6(10(12)13)1-2-9(8)15-7-4-14-5-7/h1-3,7H,4-5H2,(H,12,13). The normalized spacial score (nSPS) is 16.1. The summed E-state index contributed by atoms with van der Waals surface area (Å²) in [6.07, 6.45) is 0. The van der Waals surface area contributed by atoms with Crippen LogP contribution in [0.1, 0.15) is 10.4 Å². The van der Waals surface area contributed by atoms with Crippen LogP contribution >= 0.6 is 11.8 Å². The van der Waals surface area contributed by atoms with Crippen LogP contribution in [0.15, 0.2) is 23.1 Å². The Hall–Kier alpha value is -1.07. The first-order valence-corrected chi connectivity index (χ1v) is 5.32. The maximum atomic E-state index is 13.4. The molecule has 1 aromatic rings. The zero-order valence-corrected chi connectivity index (χ0v) is 8.59. The van der Waals surface area contributed by atoms with Crippen LogP contribution < -0.4 is 0 Å². The third-order valence-corrected chi connectivity index (χ3v) is 3.27. The molecule has 0 bridgehead atoms. The topological polar surface area (TPSA) is 46.5 Å². The van der Waals surface area contributed by atoms with Crippen molar-refractivity contribution in [3.8, 4) is 0 Å². The molecule has 1 aliphatic heterocycles. The number of carboxylic acid groups (broad SMARTS) is 1. The van der Waals surface area contributed by atoms with Gasteiger partial charge in [0, 0.05) is 4.90 Å². The maximum absolute atomic E-state index is 13.4. The number of hydrogen-bond donors (Lipinski definition) is 1. The van der Waals surface area contributed by atoms with Crippen molar-refractivity contribution in [2.45, 2.75) is 10.1 Å². The first-order chi connectivity index (χ1) is 7.16. The molecule has 0 aliphatic carbocycles. The minimum atomic E-state index is -1.11. The zero-order valence-electron chi connectivity index (χ0n) is 7.77. The molecule has 0 saturated carbocycles. The largest absolute Gasteiger partial charge is 0.478 e. The van der Waals surface area contributed by atoms with Crippen LogP contribution in [0, 0.1) is 5.82 Å². The summed E-state index contributed by atoms with van der Waals surface area (Å²) in [5.74, 6) is -1.59. The molecule has 3 nitrogen and oxygen atoms in total. The second-order valence-corrected chi connectivity index (χ2v) is 4.57. The Labute approximate surface area is 90.2 Å². The Balaban J connectivity index is 2.14. The van der Waals surface area contributed by atoms with Gasteiger partial charge in [0.05, 0.1) is 24.0 Å². The van der Waals surface area contributed by atoms with Crippen molar-refractivity contribution in [1.29, 1.82) is 0 Å². The second kappa shape index (κ2) is 4.20. The zero-order chi connectivity index (χ0) is 10.8. The third kappa shape index (κ3) is 2.30. The van der Waals surface area contributed by atoms with E-state index in [0.717, 1.165) is 6.07 Å². The number of ether oxygens (including phenoxy) is 1. The summed E-state index contributed by atoms with van der Waals surface area (Å²) in [6.45, 7) is 1.26. The van der Waals surface area contributed by atoms with E-state index in [9.17, 15) is 9.18 Å². The van der Waals surface area contributed by atoms with Crippen LogP contribution in [0.5, 0.6) is 0 Å². The number of rotatable bonds is 3. The average Bonchev–Trinajstić information content (AvgIpc) is 2.12.